The third-order valence-electron chi connectivity index (χ3n) is 7.95. The van der Waals surface area contributed by atoms with Gasteiger partial charge in [-0.05, 0) is 37.5 Å². The zero-order valence-corrected chi connectivity index (χ0v) is 21.2. The Kier molecular flexibility index (Phi) is 5.78. The Morgan fingerprint density at radius 1 is 1.14 bits per heavy atom. The Morgan fingerprint density at radius 3 is 2.56 bits per heavy atom. The monoisotopic (exact) mass is 498 g/mol. The Labute approximate surface area is 209 Å². The van der Waals surface area contributed by atoms with Crippen molar-refractivity contribution in [2.45, 2.75) is 45.3 Å². The zero-order chi connectivity index (χ0) is 25.9. The van der Waals surface area contributed by atoms with Crippen molar-refractivity contribution in [1.29, 1.82) is 0 Å². The molecule has 0 saturated heterocycles. The lowest BCUT2D eigenvalue weighted by Gasteiger charge is -2.43. The summed E-state index contributed by atoms with van der Waals surface area (Å²) in [5.41, 5.74) is 0.530. The number of carbonyl (C=O) groups excluding carboxylic acids is 2. The number of fused-ring (bicyclic) bond motifs is 2. The molecule has 5 atom stereocenters. The van der Waals surface area contributed by atoms with Crippen LogP contribution in [0.25, 0.3) is 0 Å². The molecular formula is C27H30O9. The summed E-state index contributed by atoms with van der Waals surface area (Å²) in [6.07, 6.45) is 1.48. The molecule has 1 aromatic rings. The number of carbonyl (C=O) groups is 2. The number of aliphatic hydroxyl groups is 1. The number of benzene rings is 1. The van der Waals surface area contributed by atoms with Crippen LogP contribution in [-0.4, -0.2) is 50.6 Å². The van der Waals surface area contributed by atoms with Gasteiger partial charge in [0.25, 0.3) is 0 Å². The summed E-state index contributed by atoms with van der Waals surface area (Å²) >= 11 is 0. The van der Waals surface area contributed by atoms with Crippen molar-refractivity contribution in [1.82, 2.24) is 0 Å². The molecule has 9 nitrogen and oxygen atoms in total. The van der Waals surface area contributed by atoms with E-state index in [1.807, 2.05) is 13.8 Å². The van der Waals surface area contributed by atoms with Crippen molar-refractivity contribution in [3.8, 4) is 17.2 Å². The van der Waals surface area contributed by atoms with E-state index >= 15 is 0 Å². The predicted molar refractivity (Wildman–Crippen MR) is 126 cm³/mol. The van der Waals surface area contributed by atoms with Gasteiger partial charge in [-0.1, -0.05) is 19.9 Å². The highest BCUT2D eigenvalue weighted by Gasteiger charge is 2.61. The van der Waals surface area contributed by atoms with E-state index in [1.165, 1.54) is 14.2 Å². The number of allylic oxidation sites excluding steroid dienone is 3. The van der Waals surface area contributed by atoms with Gasteiger partial charge < -0.3 is 33.5 Å². The molecule has 2 aliphatic heterocycles. The fraction of sp³-hybridized carbons (Fsp3) is 0.481. The van der Waals surface area contributed by atoms with Crippen LogP contribution in [0.2, 0.25) is 0 Å². The smallest absolute Gasteiger partial charge is 0.333 e. The van der Waals surface area contributed by atoms with Crippen LogP contribution in [0.3, 0.4) is 0 Å². The average molecular weight is 499 g/mol. The third-order valence-corrected chi connectivity index (χ3v) is 7.95. The lowest BCUT2D eigenvalue weighted by molar-refractivity contribution is -0.149. The van der Waals surface area contributed by atoms with E-state index in [1.54, 1.807) is 32.1 Å². The molecule has 2 heterocycles. The largest absolute Gasteiger partial charge is 0.493 e. The molecule has 0 unspecified atom stereocenters. The van der Waals surface area contributed by atoms with Gasteiger partial charge in [-0.25, -0.2) is 4.79 Å². The van der Waals surface area contributed by atoms with Gasteiger partial charge >= 0.3 is 5.97 Å². The molecule has 0 saturated carbocycles. The summed E-state index contributed by atoms with van der Waals surface area (Å²) in [7, 11) is 2.84. The highest BCUT2D eigenvalue weighted by atomic mass is 16.7. The molecule has 192 valence electrons. The SMILES string of the molecule is C/C=C(\C)C(=O)O[C@@H]1c2cc3c(c4c2[C@@]2(CO4)C(=O)C(OC)=C(OC)C=C2[C@@H](O)[C@@H](C)[C@H]1C)OCO3. The number of methoxy groups -OCH3 is 2. The summed E-state index contributed by atoms with van der Waals surface area (Å²) in [5, 5.41) is 11.7. The molecule has 0 amide bonds. The first-order chi connectivity index (χ1) is 17.2. The summed E-state index contributed by atoms with van der Waals surface area (Å²) in [6, 6.07) is 1.76. The van der Waals surface area contributed by atoms with Crippen LogP contribution in [-0.2, 0) is 29.2 Å². The Hall–Kier alpha value is -3.46. The maximum Gasteiger partial charge on any atom is 0.333 e. The van der Waals surface area contributed by atoms with Crippen LogP contribution in [0, 0.1) is 11.8 Å². The molecule has 0 fully saturated rings. The molecule has 9 heteroatoms. The minimum atomic E-state index is -1.42. The number of hydrogen-bond donors (Lipinski definition) is 1. The van der Waals surface area contributed by atoms with E-state index in [0.717, 1.165) is 0 Å². The maximum atomic E-state index is 14.2. The van der Waals surface area contributed by atoms with Gasteiger partial charge in [-0.3, -0.25) is 4.79 Å². The van der Waals surface area contributed by atoms with Crippen LogP contribution < -0.4 is 14.2 Å². The lowest BCUT2D eigenvalue weighted by Crippen LogP contribution is -2.51. The lowest BCUT2D eigenvalue weighted by atomic mass is 9.61. The van der Waals surface area contributed by atoms with Gasteiger partial charge in [0.05, 0.1) is 20.3 Å². The van der Waals surface area contributed by atoms with Gasteiger partial charge in [0, 0.05) is 22.6 Å². The van der Waals surface area contributed by atoms with E-state index in [4.69, 9.17) is 28.4 Å². The van der Waals surface area contributed by atoms with Crippen molar-refractivity contribution in [2.75, 3.05) is 27.6 Å². The van der Waals surface area contributed by atoms with Crippen molar-refractivity contribution in [2.24, 2.45) is 11.8 Å². The van der Waals surface area contributed by atoms with E-state index < -0.39 is 35.3 Å². The summed E-state index contributed by atoms with van der Waals surface area (Å²) in [6.45, 7) is 7.12. The van der Waals surface area contributed by atoms with Gasteiger partial charge in [0.15, 0.2) is 17.3 Å². The normalized spacial score (nSPS) is 30.5. The first-order valence-corrected chi connectivity index (χ1v) is 11.9. The fourth-order valence-corrected chi connectivity index (χ4v) is 5.57. The molecule has 1 aromatic carbocycles. The number of ketones is 1. The topological polar surface area (TPSA) is 110 Å². The van der Waals surface area contributed by atoms with Gasteiger partial charge in [0.1, 0.15) is 18.1 Å². The fourth-order valence-electron chi connectivity index (χ4n) is 5.57. The highest BCUT2D eigenvalue weighted by molar-refractivity contribution is 6.08. The first-order valence-electron chi connectivity index (χ1n) is 11.9. The molecule has 2 aliphatic carbocycles. The Bertz CT molecular complexity index is 1240. The second kappa shape index (κ2) is 8.58. The van der Waals surface area contributed by atoms with Crippen molar-refractivity contribution < 1.29 is 43.1 Å². The van der Waals surface area contributed by atoms with Gasteiger partial charge in [0.2, 0.25) is 24.1 Å². The minimum absolute atomic E-state index is 0.00794. The summed E-state index contributed by atoms with van der Waals surface area (Å²) < 4.78 is 34.6. The zero-order valence-electron chi connectivity index (χ0n) is 21.2. The molecule has 4 aliphatic rings. The standard InChI is InChI=1S/C27H30O9/c1-7-12(2)26(30)36-21-14(4)13(3)20(28)16-9-17(31-5)23(32-6)25(29)27(16)10-33-24-19(27)15(21)8-18-22(24)35-11-34-18/h7-9,13-14,20-21,28H,10-11H2,1-6H3/b12-7+/t13-,14+,20-,21-,27-/m0/s1. The van der Waals surface area contributed by atoms with Crippen LogP contribution in [0.4, 0.5) is 0 Å². The summed E-state index contributed by atoms with van der Waals surface area (Å²) in [4.78, 5) is 27.2. The Morgan fingerprint density at radius 2 is 1.89 bits per heavy atom. The maximum absolute atomic E-state index is 14.2. The van der Waals surface area contributed by atoms with Crippen molar-refractivity contribution >= 4 is 11.8 Å². The molecule has 5 rings (SSSR count). The predicted octanol–water partition coefficient (Wildman–Crippen LogP) is 3.26. The minimum Gasteiger partial charge on any atom is -0.493 e. The number of rotatable bonds is 4. The molecule has 1 spiro atoms. The number of Topliss-reactive ketones (excluding diaryl/α,β-unsaturated/α-hetero) is 1. The van der Waals surface area contributed by atoms with Crippen LogP contribution in [0.15, 0.2) is 40.9 Å². The van der Waals surface area contributed by atoms with E-state index in [-0.39, 0.29) is 30.8 Å². The van der Waals surface area contributed by atoms with Crippen LogP contribution >= 0.6 is 0 Å². The van der Waals surface area contributed by atoms with E-state index in [2.05, 4.69) is 0 Å². The van der Waals surface area contributed by atoms with Crippen LogP contribution in [0.5, 0.6) is 17.2 Å². The molecule has 0 aromatic heterocycles. The van der Waals surface area contributed by atoms with Crippen molar-refractivity contribution in [3.05, 3.63) is 52.0 Å². The quantitative estimate of drug-likeness (QED) is 0.494. The molecule has 1 N–H and O–H groups in total. The van der Waals surface area contributed by atoms with Crippen LogP contribution in [0.1, 0.15) is 44.9 Å². The number of ether oxygens (including phenoxy) is 6. The number of hydrogen-bond acceptors (Lipinski definition) is 9. The first kappa shape index (κ1) is 24.2. The van der Waals surface area contributed by atoms with E-state index in [0.29, 0.717) is 39.5 Å². The van der Waals surface area contributed by atoms with Gasteiger partial charge in [-0.2, -0.15) is 0 Å². The second-order valence-corrected chi connectivity index (χ2v) is 9.59. The molecular weight excluding hydrogens is 468 g/mol. The summed E-state index contributed by atoms with van der Waals surface area (Å²) in [5.74, 6) is -0.231. The van der Waals surface area contributed by atoms with Crippen molar-refractivity contribution in [3.63, 3.8) is 0 Å². The highest BCUT2D eigenvalue weighted by Crippen LogP contribution is 2.61. The van der Waals surface area contributed by atoms with E-state index in [9.17, 15) is 14.7 Å². The number of aliphatic hydroxyl groups excluding tert-OH is 1. The average Bonchev–Trinajstić information content (AvgIpc) is 3.51. The molecule has 0 radical (unpaired) electrons. The molecule has 36 heavy (non-hydrogen) atoms. The Balaban J connectivity index is 1.84. The number of esters is 1. The second-order valence-electron chi connectivity index (χ2n) is 9.59. The third kappa shape index (κ3) is 3.11. The van der Waals surface area contributed by atoms with Gasteiger partial charge in [-0.15, -0.1) is 0 Å². The molecule has 0 bridgehead atoms.